The van der Waals surface area contributed by atoms with Gasteiger partial charge in [-0.2, -0.15) is 0 Å². The van der Waals surface area contributed by atoms with Gasteiger partial charge in [-0.1, -0.05) is 47.4 Å². The van der Waals surface area contributed by atoms with Crippen LogP contribution in [-0.4, -0.2) is 5.33 Å². The Morgan fingerprint density at radius 3 is 2.50 bits per heavy atom. The predicted molar refractivity (Wildman–Crippen MR) is 62.8 cm³/mol. The number of hydrogen-bond acceptors (Lipinski definition) is 0. The molecule has 0 aliphatic heterocycles. The molecule has 0 N–H and O–H groups in total. The highest BCUT2D eigenvalue weighted by atomic mass is 79.9. The van der Waals surface area contributed by atoms with E-state index in [1.165, 1.54) is 6.07 Å². The molecule has 0 amide bonds. The van der Waals surface area contributed by atoms with E-state index < -0.39 is 0 Å². The first-order chi connectivity index (χ1) is 6.57. The zero-order chi connectivity index (χ0) is 10.7. The van der Waals surface area contributed by atoms with E-state index in [-0.39, 0.29) is 11.7 Å². The quantitative estimate of drug-likeness (QED) is 0.709. The van der Waals surface area contributed by atoms with Crippen LogP contribution in [0.1, 0.15) is 25.3 Å². The van der Waals surface area contributed by atoms with Gasteiger partial charge in [0.1, 0.15) is 5.82 Å². The minimum Gasteiger partial charge on any atom is -0.207 e. The Morgan fingerprint density at radius 1 is 1.43 bits per heavy atom. The van der Waals surface area contributed by atoms with Gasteiger partial charge in [0, 0.05) is 21.8 Å². The molecule has 0 radical (unpaired) electrons. The number of alkyl halides is 1. The molecule has 0 fully saturated rings. The van der Waals surface area contributed by atoms with Gasteiger partial charge in [0.2, 0.25) is 0 Å². The smallest absolute Gasteiger partial charge is 0.128 e. The summed E-state index contributed by atoms with van der Waals surface area (Å²) >= 11 is 9.38. The zero-order valence-electron chi connectivity index (χ0n) is 8.23. The summed E-state index contributed by atoms with van der Waals surface area (Å²) < 4.78 is 13.5. The highest BCUT2D eigenvalue weighted by Gasteiger charge is 2.20. The second-order valence-electron chi connectivity index (χ2n) is 3.64. The molecule has 1 unspecified atom stereocenters. The van der Waals surface area contributed by atoms with Gasteiger partial charge in [-0.3, -0.25) is 0 Å². The van der Waals surface area contributed by atoms with E-state index in [9.17, 15) is 4.39 Å². The van der Waals surface area contributed by atoms with Crippen LogP contribution in [0.25, 0.3) is 0 Å². The fourth-order valence-corrected chi connectivity index (χ4v) is 2.83. The van der Waals surface area contributed by atoms with Gasteiger partial charge in [-0.25, -0.2) is 4.39 Å². The molecule has 0 saturated heterocycles. The summed E-state index contributed by atoms with van der Waals surface area (Å²) in [6, 6.07) is 4.82. The summed E-state index contributed by atoms with van der Waals surface area (Å²) in [6.07, 6.45) is 0. The van der Waals surface area contributed by atoms with Crippen molar-refractivity contribution in [1.82, 2.24) is 0 Å². The molecule has 0 bridgehead atoms. The second-order valence-corrected chi connectivity index (χ2v) is 4.69. The standard InChI is InChI=1S/C11H13BrClF/c1-7(2)8(6-12)11-9(13)4-3-5-10(11)14/h3-5,7-8H,6H2,1-2H3. The summed E-state index contributed by atoms with van der Waals surface area (Å²) in [5.41, 5.74) is 0.626. The lowest BCUT2D eigenvalue weighted by Gasteiger charge is -2.20. The van der Waals surface area contributed by atoms with Gasteiger partial charge in [-0.15, -0.1) is 0 Å². The van der Waals surface area contributed by atoms with Gasteiger partial charge < -0.3 is 0 Å². The second kappa shape index (κ2) is 5.13. The molecule has 14 heavy (non-hydrogen) atoms. The average molecular weight is 280 g/mol. The number of halogens is 3. The van der Waals surface area contributed by atoms with Crippen LogP contribution in [-0.2, 0) is 0 Å². The van der Waals surface area contributed by atoms with Gasteiger partial charge in [-0.05, 0) is 18.1 Å². The molecule has 0 aliphatic rings. The molecular formula is C11H13BrClF. The van der Waals surface area contributed by atoms with E-state index in [0.29, 0.717) is 16.5 Å². The minimum atomic E-state index is -0.212. The van der Waals surface area contributed by atoms with E-state index in [2.05, 4.69) is 29.8 Å². The van der Waals surface area contributed by atoms with E-state index in [0.717, 1.165) is 5.33 Å². The summed E-state index contributed by atoms with van der Waals surface area (Å²) in [7, 11) is 0. The third-order valence-corrected chi connectivity index (χ3v) is 3.37. The Morgan fingerprint density at radius 2 is 2.07 bits per heavy atom. The Kier molecular flexibility index (Phi) is 4.39. The topological polar surface area (TPSA) is 0 Å². The first kappa shape index (κ1) is 12.0. The number of rotatable bonds is 3. The molecule has 3 heteroatoms. The van der Waals surface area contributed by atoms with Crippen LogP contribution < -0.4 is 0 Å². The van der Waals surface area contributed by atoms with Crippen molar-refractivity contribution in [2.24, 2.45) is 5.92 Å². The van der Waals surface area contributed by atoms with Crippen molar-refractivity contribution in [3.63, 3.8) is 0 Å². The van der Waals surface area contributed by atoms with Crippen molar-refractivity contribution in [2.45, 2.75) is 19.8 Å². The first-order valence-electron chi connectivity index (χ1n) is 4.57. The Bertz CT molecular complexity index is 292. The third-order valence-electron chi connectivity index (χ3n) is 2.34. The van der Waals surface area contributed by atoms with Crippen LogP contribution in [0.15, 0.2) is 18.2 Å². The summed E-state index contributed by atoms with van der Waals surface area (Å²) in [5, 5.41) is 1.24. The normalized spacial score (nSPS) is 13.3. The molecular weight excluding hydrogens is 266 g/mol. The molecule has 78 valence electrons. The van der Waals surface area contributed by atoms with Crippen LogP contribution in [0.5, 0.6) is 0 Å². The summed E-state index contributed by atoms with van der Waals surface area (Å²) in [5.74, 6) is 0.281. The number of benzene rings is 1. The van der Waals surface area contributed by atoms with Crippen molar-refractivity contribution in [3.05, 3.63) is 34.6 Å². The fourth-order valence-electron chi connectivity index (χ4n) is 1.45. The van der Waals surface area contributed by atoms with Crippen LogP contribution in [0, 0.1) is 11.7 Å². The lowest BCUT2D eigenvalue weighted by Crippen LogP contribution is -2.10. The van der Waals surface area contributed by atoms with Gasteiger partial charge in [0.05, 0.1) is 0 Å². The molecule has 0 saturated carbocycles. The lowest BCUT2D eigenvalue weighted by atomic mass is 9.90. The average Bonchev–Trinajstić information content (AvgIpc) is 2.10. The predicted octanol–water partition coefficient (Wildman–Crippen LogP) is 4.61. The summed E-state index contributed by atoms with van der Waals surface area (Å²) in [4.78, 5) is 0. The van der Waals surface area contributed by atoms with Crippen LogP contribution in [0.2, 0.25) is 5.02 Å². The fraction of sp³-hybridized carbons (Fsp3) is 0.455. The lowest BCUT2D eigenvalue weighted by molar-refractivity contribution is 0.509. The van der Waals surface area contributed by atoms with Crippen molar-refractivity contribution in [3.8, 4) is 0 Å². The monoisotopic (exact) mass is 278 g/mol. The van der Waals surface area contributed by atoms with Crippen molar-refractivity contribution in [2.75, 3.05) is 5.33 Å². The molecule has 0 nitrogen and oxygen atoms in total. The number of hydrogen-bond donors (Lipinski definition) is 0. The van der Waals surface area contributed by atoms with E-state index in [1.807, 2.05) is 0 Å². The highest BCUT2D eigenvalue weighted by Crippen LogP contribution is 2.33. The van der Waals surface area contributed by atoms with Crippen LogP contribution >= 0.6 is 27.5 Å². The van der Waals surface area contributed by atoms with Crippen molar-refractivity contribution < 1.29 is 4.39 Å². The van der Waals surface area contributed by atoms with Gasteiger partial charge in [0.15, 0.2) is 0 Å². The Labute approximate surface area is 97.6 Å². The molecule has 0 heterocycles. The molecule has 0 spiro atoms. The Hall–Kier alpha value is -0.0800. The third kappa shape index (κ3) is 2.48. The van der Waals surface area contributed by atoms with Crippen molar-refractivity contribution in [1.29, 1.82) is 0 Å². The van der Waals surface area contributed by atoms with Gasteiger partial charge in [0.25, 0.3) is 0 Å². The SMILES string of the molecule is CC(C)C(CBr)c1c(F)cccc1Cl. The van der Waals surface area contributed by atoms with E-state index in [1.54, 1.807) is 12.1 Å². The van der Waals surface area contributed by atoms with E-state index in [4.69, 9.17) is 11.6 Å². The minimum absolute atomic E-state index is 0.128. The highest BCUT2D eigenvalue weighted by molar-refractivity contribution is 9.09. The molecule has 0 aliphatic carbocycles. The maximum absolute atomic E-state index is 13.5. The molecule has 1 aromatic carbocycles. The zero-order valence-corrected chi connectivity index (χ0v) is 10.6. The molecule has 1 aromatic rings. The Balaban J connectivity index is 3.15. The molecule has 1 atom stereocenters. The molecule has 0 aromatic heterocycles. The van der Waals surface area contributed by atoms with Crippen LogP contribution in [0.3, 0.4) is 0 Å². The first-order valence-corrected chi connectivity index (χ1v) is 6.07. The van der Waals surface area contributed by atoms with Crippen molar-refractivity contribution >= 4 is 27.5 Å². The maximum Gasteiger partial charge on any atom is 0.128 e. The van der Waals surface area contributed by atoms with Gasteiger partial charge >= 0.3 is 0 Å². The van der Waals surface area contributed by atoms with E-state index >= 15 is 0 Å². The largest absolute Gasteiger partial charge is 0.207 e. The maximum atomic E-state index is 13.5. The molecule has 1 rings (SSSR count). The summed E-state index contributed by atoms with van der Waals surface area (Å²) in [6.45, 7) is 4.13. The van der Waals surface area contributed by atoms with Crippen LogP contribution in [0.4, 0.5) is 4.39 Å².